The standard InChI is InChI=1S/C24H21ClN2O4S/c1-4-31-16-11-9-15(10-12-16)13-19-22(28)27-21(17-7-5-6-8-18(17)25)20(23(29)30-3)14(2)26-24(27)32-19/h5-13,21H,4H2,1-3H3/b19-13-/t21-/m0/s1. The van der Waals surface area contributed by atoms with Crippen LogP contribution in [0.25, 0.3) is 6.08 Å². The van der Waals surface area contributed by atoms with Crippen molar-refractivity contribution >= 4 is 35.0 Å². The number of nitrogens with zero attached hydrogens (tertiary/aromatic N) is 2. The zero-order valence-electron chi connectivity index (χ0n) is 17.8. The van der Waals surface area contributed by atoms with Crippen LogP contribution in [0.1, 0.15) is 31.0 Å². The first kappa shape index (κ1) is 22.0. The summed E-state index contributed by atoms with van der Waals surface area (Å²) >= 11 is 7.75. The number of carbonyl (C=O) groups is 1. The third-order valence-corrected chi connectivity index (χ3v) is 6.44. The second-order valence-corrected chi connectivity index (χ2v) is 8.51. The summed E-state index contributed by atoms with van der Waals surface area (Å²) < 4.78 is 12.5. The molecule has 6 nitrogen and oxygen atoms in total. The molecule has 3 aromatic rings. The molecule has 2 aromatic carbocycles. The van der Waals surface area contributed by atoms with Crippen LogP contribution in [0.5, 0.6) is 5.75 Å². The van der Waals surface area contributed by atoms with E-state index in [9.17, 15) is 9.59 Å². The number of aromatic nitrogens is 1. The van der Waals surface area contributed by atoms with Crippen LogP contribution in [-0.4, -0.2) is 24.3 Å². The summed E-state index contributed by atoms with van der Waals surface area (Å²) in [6.45, 7) is 4.25. The number of halogens is 1. The van der Waals surface area contributed by atoms with E-state index in [1.54, 1.807) is 31.2 Å². The molecule has 1 aliphatic rings. The van der Waals surface area contributed by atoms with Crippen molar-refractivity contribution in [2.75, 3.05) is 13.7 Å². The largest absolute Gasteiger partial charge is 0.494 e. The van der Waals surface area contributed by atoms with E-state index >= 15 is 0 Å². The molecule has 0 fully saturated rings. The van der Waals surface area contributed by atoms with Crippen LogP contribution in [0.2, 0.25) is 5.02 Å². The van der Waals surface area contributed by atoms with E-state index in [-0.39, 0.29) is 5.56 Å². The van der Waals surface area contributed by atoms with Gasteiger partial charge in [-0.25, -0.2) is 9.79 Å². The topological polar surface area (TPSA) is 69.9 Å². The van der Waals surface area contributed by atoms with E-state index in [1.807, 2.05) is 37.3 Å². The van der Waals surface area contributed by atoms with Gasteiger partial charge in [0.15, 0.2) is 4.80 Å². The first-order valence-corrected chi connectivity index (χ1v) is 11.2. The number of methoxy groups -OCH3 is 1. The SMILES string of the molecule is CCOc1ccc(/C=c2\sc3n(c2=O)[C@@H](c2ccccc2Cl)C(C(=O)OC)=C(C)N=3)cc1. The van der Waals surface area contributed by atoms with Gasteiger partial charge in [0.2, 0.25) is 0 Å². The summed E-state index contributed by atoms with van der Waals surface area (Å²) in [7, 11) is 1.31. The van der Waals surface area contributed by atoms with Crippen LogP contribution in [0.3, 0.4) is 0 Å². The van der Waals surface area contributed by atoms with Crippen molar-refractivity contribution in [1.82, 2.24) is 4.57 Å². The molecule has 0 saturated heterocycles. The molecule has 164 valence electrons. The van der Waals surface area contributed by atoms with Gasteiger partial charge in [0.05, 0.1) is 29.5 Å². The van der Waals surface area contributed by atoms with Crippen molar-refractivity contribution in [3.8, 4) is 5.75 Å². The normalized spacial score (nSPS) is 15.9. The number of ether oxygens (including phenoxy) is 2. The Bertz CT molecular complexity index is 1390. The Hall–Kier alpha value is -3.16. The van der Waals surface area contributed by atoms with Gasteiger partial charge in [0.1, 0.15) is 11.8 Å². The van der Waals surface area contributed by atoms with Gasteiger partial charge < -0.3 is 9.47 Å². The number of thiazole rings is 1. The number of fused-ring (bicyclic) bond motifs is 1. The Balaban J connectivity index is 1.91. The van der Waals surface area contributed by atoms with Crippen molar-refractivity contribution in [3.63, 3.8) is 0 Å². The Labute approximate surface area is 193 Å². The molecule has 32 heavy (non-hydrogen) atoms. The van der Waals surface area contributed by atoms with E-state index in [0.29, 0.717) is 37.8 Å². The van der Waals surface area contributed by atoms with Crippen LogP contribution in [0, 0.1) is 0 Å². The molecule has 4 rings (SSSR count). The van der Waals surface area contributed by atoms with Crippen LogP contribution < -0.4 is 19.6 Å². The first-order chi connectivity index (χ1) is 15.4. The van der Waals surface area contributed by atoms with Gasteiger partial charge in [-0.05, 0) is 49.2 Å². The summed E-state index contributed by atoms with van der Waals surface area (Å²) in [4.78, 5) is 31.2. The molecule has 0 N–H and O–H groups in total. The predicted molar refractivity (Wildman–Crippen MR) is 125 cm³/mol. The van der Waals surface area contributed by atoms with Gasteiger partial charge in [-0.15, -0.1) is 0 Å². The maximum absolute atomic E-state index is 13.5. The molecule has 0 unspecified atom stereocenters. The molecule has 0 spiro atoms. The second-order valence-electron chi connectivity index (χ2n) is 7.10. The van der Waals surface area contributed by atoms with Gasteiger partial charge in [-0.1, -0.05) is 53.3 Å². The fraction of sp³-hybridized carbons (Fsp3) is 0.208. The summed E-state index contributed by atoms with van der Waals surface area (Å²) in [6, 6.07) is 13.9. The van der Waals surface area contributed by atoms with E-state index in [1.165, 1.54) is 23.0 Å². The van der Waals surface area contributed by atoms with Gasteiger partial charge in [-0.2, -0.15) is 0 Å². The van der Waals surface area contributed by atoms with Crippen LogP contribution in [-0.2, 0) is 9.53 Å². The van der Waals surface area contributed by atoms with Gasteiger partial charge in [0, 0.05) is 5.02 Å². The molecule has 0 amide bonds. The third kappa shape index (κ3) is 4.01. The number of benzene rings is 2. The molecule has 0 bridgehead atoms. The molecule has 1 aliphatic heterocycles. The minimum Gasteiger partial charge on any atom is -0.494 e. The molecule has 0 radical (unpaired) electrons. The zero-order valence-corrected chi connectivity index (χ0v) is 19.4. The summed E-state index contributed by atoms with van der Waals surface area (Å²) in [6.07, 6.45) is 1.81. The van der Waals surface area contributed by atoms with Gasteiger partial charge in [0.25, 0.3) is 5.56 Å². The van der Waals surface area contributed by atoms with Crippen molar-refractivity contribution in [2.45, 2.75) is 19.9 Å². The number of allylic oxidation sites excluding steroid dienone is 1. The minimum absolute atomic E-state index is 0.249. The highest BCUT2D eigenvalue weighted by atomic mass is 35.5. The predicted octanol–water partition coefficient (Wildman–Crippen LogP) is 3.46. The molecular weight excluding hydrogens is 448 g/mol. The smallest absolute Gasteiger partial charge is 0.338 e. The van der Waals surface area contributed by atoms with Gasteiger partial charge >= 0.3 is 5.97 Å². The lowest BCUT2D eigenvalue weighted by Gasteiger charge is -2.25. The lowest BCUT2D eigenvalue weighted by atomic mass is 9.96. The summed E-state index contributed by atoms with van der Waals surface area (Å²) in [5.41, 5.74) is 2.03. The van der Waals surface area contributed by atoms with Crippen molar-refractivity contribution < 1.29 is 14.3 Å². The van der Waals surface area contributed by atoms with E-state index in [2.05, 4.69) is 4.99 Å². The van der Waals surface area contributed by atoms with Gasteiger partial charge in [-0.3, -0.25) is 9.36 Å². The quantitative estimate of drug-likeness (QED) is 0.538. The highest BCUT2D eigenvalue weighted by Crippen LogP contribution is 2.34. The zero-order chi connectivity index (χ0) is 22.8. The Morgan fingerprint density at radius 1 is 1.22 bits per heavy atom. The molecule has 1 aromatic heterocycles. The van der Waals surface area contributed by atoms with Crippen molar-refractivity contribution in [1.29, 1.82) is 0 Å². The number of carbonyl (C=O) groups excluding carboxylic acids is 1. The number of hydrogen-bond acceptors (Lipinski definition) is 6. The second kappa shape index (κ2) is 9.14. The number of hydrogen-bond donors (Lipinski definition) is 0. The fourth-order valence-corrected chi connectivity index (χ4v) is 4.95. The third-order valence-electron chi connectivity index (χ3n) is 5.12. The first-order valence-electron chi connectivity index (χ1n) is 10.0. The molecule has 8 heteroatoms. The van der Waals surface area contributed by atoms with Crippen LogP contribution >= 0.6 is 22.9 Å². The maximum Gasteiger partial charge on any atom is 0.338 e. The number of rotatable bonds is 5. The number of esters is 1. The molecule has 2 heterocycles. The van der Waals surface area contributed by atoms with Crippen LogP contribution in [0.4, 0.5) is 0 Å². The molecule has 0 saturated carbocycles. The summed E-state index contributed by atoms with van der Waals surface area (Å²) in [5, 5.41) is 0.453. The average molecular weight is 469 g/mol. The fourth-order valence-electron chi connectivity index (χ4n) is 3.66. The average Bonchev–Trinajstić information content (AvgIpc) is 3.09. The van der Waals surface area contributed by atoms with E-state index < -0.39 is 12.0 Å². The Morgan fingerprint density at radius 2 is 1.94 bits per heavy atom. The highest BCUT2D eigenvalue weighted by molar-refractivity contribution is 7.07. The Kier molecular flexibility index (Phi) is 6.30. The lowest BCUT2D eigenvalue weighted by Crippen LogP contribution is -2.39. The highest BCUT2D eigenvalue weighted by Gasteiger charge is 2.34. The van der Waals surface area contributed by atoms with Crippen molar-refractivity contribution in [2.24, 2.45) is 4.99 Å². The molecular formula is C24H21ClN2O4S. The molecule has 1 atom stereocenters. The van der Waals surface area contributed by atoms with Crippen molar-refractivity contribution in [3.05, 3.63) is 95.6 Å². The van der Waals surface area contributed by atoms with E-state index in [0.717, 1.165) is 11.3 Å². The minimum atomic E-state index is -0.727. The summed E-state index contributed by atoms with van der Waals surface area (Å²) in [5.74, 6) is 0.222. The van der Waals surface area contributed by atoms with Crippen LogP contribution in [0.15, 0.2) is 69.6 Å². The monoisotopic (exact) mass is 468 g/mol. The molecule has 0 aliphatic carbocycles. The Morgan fingerprint density at radius 3 is 2.59 bits per heavy atom. The van der Waals surface area contributed by atoms with E-state index in [4.69, 9.17) is 21.1 Å². The lowest BCUT2D eigenvalue weighted by molar-refractivity contribution is -0.136. The maximum atomic E-state index is 13.5.